The Hall–Kier alpha value is -1.85. The highest BCUT2D eigenvalue weighted by Gasteiger charge is 2.40. The number of imide groups is 1. The first-order valence-electron chi connectivity index (χ1n) is 8.33. The van der Waals surface area contributed by atoms with Crippen molar-refractivity contribution < 1.29 is 9.59 Å². The van der Waals surface area contributed by atoms with Crippen LogP contribution in [-0.2, 0) is 9.59 Å². The molecule has 0 spiro atoms. The lowest BCUT2D eigenvalue weighted by Gasteiger charge is -2.16. The third kappa shape index (κ3) is 3.44. The first-order valence-corrected chi connectivity index (χ1v) is 10.1. The van der Waals surface area contributed by atoms with Crippen LogP contribution in [0.15, 0.2) is 46.7 Å². The van der Waals surface area contributed by atoms with Crippen molar-refractivity contribution in [2.75, 3.05) is 4.90 Å². The van der Waals surface area contributed by atoms with Crippen molar-refractivity contribution in [2.45, 2.75) is 38.9 Å². The summed E-state index contributed by atoms with van der Waals surface area (Å²) in [5.74, 6) is -0.0387. The molecule has 2 heterocycles. The minimum absolute atomic E-state index is 0.218. The fourth-order valence-corrected chi connectivity index (χ4v) is 4.55. The van der Waals surface area contributed by atoms with Crippen LogP contribution in [0.4, 0.5) is 5.69 Å². The minimum Gasteiger partial charge on any atom is -0.268 e. The summed E-state index contributed by atoms with van der Waals surface area (Å²) < 4.78 is 0. The largest absolute Gasteiger partial charge is 0.272 e. The van der Waals surface area contributed by atoms with Gasteiger partial charge in [0.15, 0.2) is 0 Å². The Kier molecular flexibility index (Phi) is 5.16. The van der Waals surface area contributed by atoms with Crippen LogP contribution in [0.5, 0.6) is 0 Å². The van der Waals surface area contributed by atoms with Crippen molar-refractivity contribution >= 4 is 46.2 Å². The monoisotopic (exact) mass is 371 g/mol. The normalized spacial score (nSPS) is 15.2. The predicted octanol–water partition coefficient (Wildman–Crippen LogP) is 5.30. The maximum absolute atomic E-state index is 13.1. The number of benzene rings is 1. The topological polar surface area (TPSA) is 37.4 Å². The second-order valence-electron chi connectivity index (χ2n) is 6.54. The molecular formula is C20H21NO2S2. The second-order valence-corrected chi connectivity index (χ2v) is 9.07. The molecule has 2 amide bonds. The van der Waals surface area contributed by atoms with Gasteiger partial charge in [0.1, 0.15) is 0 Å². The molecule has 1 aromatic carbocycles. The molecular weight excluding hydrogens is 350 g/mol. The zero-order valence-electron chi connectivity index (χ0n) is 14.8. The van der Waals surface area contributed by atoms with E-state index in [4.69, 9.17) is 0 Å². The molecule has 2 aromatic rings. The van der Waals surface area contributed by atoms with Gasteiger partial charge in [0.05, 0.1) is 16.2 Å². The molecule has 0 bridgehead atoms. The third-order valence-electron chi connectivity index (χ3n) is 3.98. The Morgan fingerprint density at radius 1 is 0.960 bits per heavy atom. The van der Waals surface area contributed by atoms with Crippen molar-refractivity contribution in [1.82, 2.24) is 0 Å². The average Bonchev–Trinajstić information content (AvgIpc) is 3.15. The molecule has 0 saturated carbocycles. The van der Waals surface area contributed by atoms with E-state index < -0.39 is 0 Å². The zero-order chi connectivity index (χ0) is 18.1. The summed E-state index contributed by atoms with van der Waals surface area (Å²) in [6.45, 7) is 8.30. The lowest BCUT2D eigenvalue weighted by molar-refractivity contribution is -0.119. The van der Waals surface area contributed by atoms with E-state index in [0.717, 1.165) is 4.88 Å². The maximum Gasteiger partial charge on any atom is 0.272 e. The molecule has 0 unspecified atom stereocenters. The Morgan fingerprint density at radius 2 is 1.64 bits per heavy atom. The number of carbonyl (C=O) groups excluding carboxylic acids is 2. The molecule has 3 nitrogen and oxygen atoms in total. The summed E-state index contributed by atoms with van der Waals surface area (Å²) in [5.41, 5.74) is 2.35. The number of hydrogen-bond donors (Lipinski definition) is 0. The van der Waals surface area contributed by atoms with Crippen LogP contribution >= 0.6 is 23.1 Å². The van der Waals surface area contributed by atoms with Crippen molar-refractivity contribution in [1.29, 1.82) is 0 Å². The second kappa shape index (κ2) is 7.18. The molecule has 1 aromatic heterocycles. The van der Waals surface area contributed by atoms with Gasteiger partial charge in [-0.15, -0.1) is 23.1 Å². The molecule has 25 heavy (non-hydrogen) atoms. The molecule has 1 aliphatic rings. The average molecular weight is 372 g/mol. The van der Waals surface area contributed by atoms with Gasteiger partial charge >= 0.3 is 0 Å². The smallest absolute Gasteiger partial charge is 0.268 e. The molecule has 0 aliphatic carbocycles. The van der Waals surface area contributed by atoms with Crippen molar-refractivity contribution in [3.8, 4) is 0 Å². The van der Waals surface area contributed by atoms with Crippen LogP contribution in [0.25, 0.3) is 5.57 Å². The van der Waals surface area contributed by atoms with Crippen LogP contribution in [0, 0.1) is 0 Å². The summed E-state index contributed by atoms with van der Waals surface area (Å²) in [4.78, 5) is 28.8. The summed E-state index contributed by atoms with van der Waals surface area (Å²) in [6.07, 6.45) is 0. The number of anilines is 1. The molecule has 0 saturated heterocycles. The van der Waals surface area contributed by atoms with Crippen LogP contribution in [0.1, 0.15) is 44.1 Å². The van der Waals surface area contributed by atoms with Gasteiger partial charge in [-0.05, 0) is 35.1 Å². The van der Waals surface area contributed by atoms with E-state index in [9.17, 15) is 9.59 Å². The standard InChI is InChI=1S/C20H21NO2S2/c1-12(2)14-7-9-15(10-8-14)21-19(22)17(16-6-5-11-24-16)18(20(21)23)25-13(3)4/h5-13H,1-4H3. The number of thioether (sulfide) groups is 1. The van der Waals surface area contributed by atoms with E-state index in [1.54, 1.807) is 0 Å². The Balaban J connectivity index is 2.02. The number of thiophene rings is 1. The van der Waals surface area contributed by atoms with Gasteiger partial charge in [-0.2, -0.15) is 0 Å². The Labute approximate surface area is 156 Å². The quantitative estimate of drug-likeness (QED) is 0.670. The molecule has 1 aliphatic heterocycles. The lowest BCUT2D eigenvalue weighted by Crippen LogP contribution is -2.31. The van der Waals surface area contributed by atoms with Crippen LogP contribution < -0.4 is 4.90 Å². The van der Waals surface area contributed by atoms with Gasteiger partial charge in [0, 0.05) is 10.1 Å². The molecule has 0 atom stereocenters. The van der Waals surface area contributed by atoms with Crippen molar-refractivity contribution in [3.63, 3.8) is 0 Å². The van der Waals surface area contributed by atoms with Crippen molar-refractivity contribution in [2.24, 2.45) is 0 Å². The summed E-state index contributed by atoms with van der Waals surface area (Å²) >= 11 is 2.95. The molecule has 0 radical (unpaired) electrons. The number of hydrogen-bond acceptors (Lipinski definition) is 4. The van der Waals surface area contributed by atoms with E-state index in [1.807, 2.05) is 55.6 Å². The summed E-state index contributed by atoms with van der Waals surface area (Å²) in [6, 6.07) is 11.5. The first-order chi connectivity index (χ1) is 11.9. The molecule has 0 fully saturated rings. The number of rotatable bonds is 5. The highest BCUT2D eigenvalue weighted by Crippen LogP contribution is 2.41. The highest BCUT2D eigenvalue weighted by molar-refractivity contribution is 8.04. The fourth-order valence-electron chi connectivity index (χ4n) is 2.74. The van der Waals surface area contributed by atoms with Crippen LogP contribution in [0.2, 0.25) is 0 Å². The van der Waals surface area contributed by atoms with E-state index in [-0.39, 0.29) is 17.1 Å². The SMILES string of the molecule is CC(C)SC1=C(c2cccs2)C(=O)N(c2ccc(C(C)C)cc2)C1=O. The van der Waals surface area contributed by atoms with E-state index >= 15 is 0 Å². The van der Waals surface area contributed by atoms with Gasteiger partial charge in [0.2, 0.25) is 0 Å². The van der Waals surface area contributed by atoms with E-state index in [1.165, 1.54) is 33.6 Å². The van der Waals surface area contributed by atoms with Gasteiger partial charge in [0.25, 0.3) is 11.8 Å². The van der Waals surface area contributed by atoms with Crippen molar-refractivity contribution in [3.05, 3.63) is 57.1 Å². The van der Waals surface area contributed by atoms with E-state index in [0.29, 0.717) is 22.1 Å². The predicted molar refractivity (Wildman–Crippen MR) is 107 cm³/mol. The first kappa shape index (κ1) is 18.0. The summed E-state index contributed by atoms with van der Waals surface area (Å²) in [7, 11) is 0. The van der Waals surface area contributed by atoms with Gasteiger partial charge in [-0.1, -0.05) is 45.9 Å². The van der Waals surface area contributed by atoms with E-state index in [2.05, 4.69) is 13.8 Å². The van der Waals surface area contributed by atoms with Gasteiger partial charge < -0.3 is 0 Å². The third-order valence-corrected chi connectivity index (χ3v) is 5.95. The number of carbonyl (C=O) groups is 2. The maximum atomic E-state index is 13.1. The minimum atomic E-state index is -0.229. The molecule has 130 valence electrons. The number of nitrogens with zero attached hydrogens (tertiary/aromatic N) is 1. The van der Waals surface area contributed by atoms with Gasteiger partial charge in [-0.25, -0.2) is 4.90 Å². The molecule has 0 N–H and O–H groups in total. The molecule has 5 heteroatoms. The highest BCUT2D eigenvalue weighted by atomic mass is 32.2. The summed E-state index contributed by atoms with van der Waals surface area (Å²) in [5, 5.41) is 2.16. The number of amides is 2. The Morgan fingerprint density at radius 3 is 2.16 bits per heavy atom. The Bertz CT molecular complexity index is 818. The van der Waals surface area contributed by atoms with Gasteiger partial charge in [-0.3, -0.25) is 9.59 Å². The molecule has 3 rings (SSSR count). The lowest BCUT2D eigenvalue weighted by atomic mass is 10.0. The van der Waals surface area contributed by atoms with Crippen LogP contribution in [-0.4, -0.2) is 17.1 Å². The fraction of sp³-hybridized carbons (Fsp3) is 0.300. The van der Waals surface area contributed by atoms with Crippen LogP contribution in [0.3, 0.4) is 0 Å². The zero-order valence-corrected chi connectivity index (χ0v) is 16.4.